The lowest BCUT2D eigenvalue weighted by Crippen LogP contribution is -2.14. The highest BCUT2D eigenvalue weighted by molar-refractivity contribution is 7.18. The summed E-state index contributed by atoms with van der Waals surface area (Å²) < 4.78 is 0. The molecule has 1 aromatic rings. The lowest BCUT2D eigenvalue weighted by Gasteiger charge is -2.13. The molecule has 1 heterocycles. The van der Waals surface area contributed by atoms with Gasteiger partial charge in [0.1, 0.15) is 6.20 Å². The highest BCUT2D eigenvalue weighted by atomic mass is 32.1. The SMILES string of the molecule is CC(C)CCCC(C)Nc1ncc([N+](=O)[O-])s1. The summed E-state index contributed by atoms with van der Waals surface area (Å²) >= 11 is 1.09. The Morgan fingerprint density at radius 1 is 1.47 bits per heavy atom. The molecule has 0 saturated carbocycles. The predicted molar refractivity (Wildman–Crippen MR) is 70.5 cm³/mol. The van der Waals surface area contributed by atoms with Crippen LogP contribution in [0.1, 0.15) is 40.0 Å². The molecular formula is C11H19N3O2S. The maximum Gasteiger partial charge on any atom is 0.345 e. The molecule has 1 unspecified atom stereocenters. The smallest absolute Gasteiger partial charge is 0.345 e. The minimum atomic E-state index is -0.410. The molecule has 5 nitrogen and oxygen atoms in total. The molecule has 0 aliphatic carbocycles. The van der Waals surface area contributed by atoms with Gasteiger partial charge in [-0.15, -0.1) is 0 Å². The third kappa shape index (κ3) is 5.12. The third-order valence-corrected chi connectivity index (χ3v) is 3.34. The van der Waals surface area contributed by atoms with Gasteiger partial charge >= 0.3 is 5.00 Å². The molecule has 6 heteroatoms. The van der Waals surface area contributed by atoms with E-state index in [4.69, 9.17) is 0 Å². The van der Waals surface area contributed by atoms with Crippen LogP contribution in [-0.2, 0) is 0 Å². The number of anilines is 1. The van der Waals surface area contributed by atoms with Crippen LogP contribution in [0.15, 0.2) is 6.20 Å². The highest BCUT2D eigenvalue weighted by Gasteiger charge is 2.12. The van der Waals surface area contributed by atoms with Gasteiger partial charge in [0.25, 0.3) is 0 Å². The molecule has 96 valence electrons. The maximum absolute atomic E-state index is 10.5. The second-order valence-corrected chi connectivity index (χ2v) is 5.64. The van der Waals surface area contributed by atoms with Gasteiger partial charge in [-0.05, 0) is 30.6 Å². The topological polar surface area (TPSA) is 68.1 Å². The van der Waals surface area contributed by atoms with E-state index >= 15 is 0 Å². The van der Waals surface area contributed by atoms with Gasteiger partial charge in [0, 0.05) is 6.04 Å². The Bertz CT molecular complexity index is 365. The Labute approximate surface area is 105 Å². The quantitative estimate of drug-likeness (QED) is 0.597. The number of nitrogens with one attached hydrogen (secondary N) is 1. The number of nitrogens with zero attached hydrogens (tertiary/aromatic N) is 2. The maximum atomic E-state index is 10.5. The summed E-state index contributed by atoms with van der Waals surface area (Å²) in [5.41, 5.74) is 0. The van der Waals surface area contributed by atoms with Gasteiger partial charge in [-0.3, -0.25) is 10.1 Å². The molecular weight excluding hydrogens is 238 g/mol. The van der Waals surface area contributed by atoms with Crippen molar-refractivity contribution in [2.45, 2.75) is 46.1 Å². The van der Waals surface area contributed by atoms with Crippen LogP contribution in [0, 0.1) is 16.0 Å². The van der Waals surface area contributed by atoms with Gasteiger partial charge in [-0.25, -0.2) is 4.98 Å². The van der Waals surface area contributed by atoms with Gasteiger partial charge in [0.15, 0.2) is 5.13 Å². The molecule has 0 amide bonds. The normalized spacial score (nSPS) is 12.7. The van der Waals surface area contributed by atoms with Gasteiger partial charge < -0.3 is 5.32 Å². The molecule has 0 saturated heterocycles. The van der Waals surface area contributed by atoms with Crippen molar-refractivity contribution >= 4 is 21.5 Å². The lowest BCUT2D eigenvalue weighted by molar-refractivity contribution is -0.380. The van der Waals surface area contributed by atoms with Crippen molar-refractivity contribution in [1.82, 2.24) is 4.98 Å². The van der Waals surface area contributed by atoms with E-state index < -0.39 is 4.92 Å². The fourth-order valence-corrected chi connectivity index (χ4v) is 2.28. The van der Waals surface area contributed by atoms with E-state index in [9.17, 15) is 10.1 Å². The number of nitro groups is 1. The first-order valence-corrected chi connectivity index (χ1v) is 6.67. The van der Waals surface area contributed by atoms with Crippen molar-refractivity contribution in [3.05, 3.63) is 16.3 Å². The van der Waals surface area contributed by atoms with Gasteiger partial charge in [0.2, 0.25) is 0 Å². The van der Waals surface area contributed by atoms with Crippen LogP contribution in [0.5, 0.6) is 0 Å². The summed E-state index contributed by atoms with van der Waals surface area (Å²) in [6.45, 7) is 6.50. The summed E-state index contributed by atoms with van der Waals surface area (Å²) in [4.78, 5) is 14.1. The summed E-state index contributed by atoms with van der Waals surface area (Å²) in [5, 5.41) is 14.4. The van der Waals surface area contributed by atoms with E-state index in [1.165, 1.54) is 19.0 Å². The van der Waals surface area contributed by atoms with Gasteiger partial charge in [-0.2, -0.15) is 0 Å². The Balaban J connectivity index is 2.34. The predicted octanol–water partition coefficient (Wildman–Crippen LogP) is 3.68. The first kappa shape index (κ1) is 13.9. The van der Waals surface area contributed by atoms with Crippen molar-refractivity contribution in [1.29, 1.82) is 0 Å². The van der Waals surface area contributed by atoms with Crippen LogP contribution in [0.25, 0.3) is 0 Å². The monoisotopic (exact) mass is 257 g/mol. The Morgan fingerprint density at radius 2 is 2.18 bits per heavy atom. The van der Waals surface area contributed by atoms with Crippen LogP contribution in [0.4, 0.5) is 10.1 Å². The molecule has 1 aromatic heterocycles. The second-order valence-electron chi connectivity index (χ2n) is 4.63. The Morgan fingerprint density at radius 3 is 2.71 bits per heavy atom. The van der Waals surface area contributed by atoms with Crippen LogP contribution < -0.4 is 5.32 Å². The fraction of sp³-hybridized carbons (Fsp3) is 0.727. The van der Waals surface area contributed by atoms with Crippen molar-refractivity contribution in [3.8, 4) is 0 Å². The van der Waals surface area contributed by atoms with E-state index in [1.807, 2.05) is 0 Å². The molecule has 0 aliphatic rings. The van der Waals surface area contributed by atoms with Gasteiger partial charge in [0.05, 0.1) is 4.92 Å². The molecule has 0 fully saturated rings. The minimum Gasteiger partial charge on any atom is -0.359 e. The Kier molecular flexibility index (Phi) is 5.34. The second kappa shape index (κ2) is 6.54. The lowest BCUT2D eigenvalue weighted by atomic mass is 10.0. The largest absolute Gasteiger partial charge is 0.359 e. The minimum absolute atomic E-state index is 0.0851. The third-order valence-electron chi connectivity index (χ3n) is 2.46. The van der Waals surface area contributed by atoms with Crippen molar-refractivity contribution < 1.29 is 4.92 Å². The molecule has 1 rings (SSSR count). The summed E-state index contributed by atoms with van der Waals surface area (Å²) in [7, 11) is 0. The molecule has 17 heavy (non-hydrogen) atoms. The molecule has 0 aromatic carbocycles. The molecule has 1 atom stereocenters. The number of thiazole rings is 1. The molecule has 0 spiro atoms. The van der Waals surface area contributed by atoms with E-state index in [2.05, 4.69) is 31.1 Å². The highest BCUT2D eigenvalue weighted by Crippen LogP contribution is 2.26. The zero-order chi connectivity index (χ0) is 12.8. The van der Waals surface area contributed by atoms with E-state index in [1.54, 1.807) is 0 Å². The van der Waals surface area contributed by atoms with Gasteiger partial charge in [-0.1, -0.05) is 26.7 Å². The molecule has 0 bridgehead atoms. The number of hydrogen-bond acceptors (Lipinski definition) is 5. The van der Waals surface area contributed by atoms with E-state index in [0.717, 1.165) is 23.7 Å². The van der Waals surface area contributed by atoms with E-state index in [-0.39, 0.29) is 5.00 Å². The zero-order valence-electron chi connectivity index (χ0n) is 10.5. The fourth-order valence-electron chi connectivity index (χ4n) is 1.53. The molecule has 0 radical (unpaired) electrons. The van der Waals surface area contributed by atoms with Crippen LogP contribution >= 0.6 is 11.3 Å². The summed E-state index contributed by atoms with van der Waals surface area (Å²) in [6, 6.07) is 0.305. The molecule has 0 aliphatic heterocycles. The van der Waals surface area contributed by atoms with Crippen molar-refractivity contribution in [3.63, 3.8) is 0 Å². The average Bonchev–Trinajstić information content (AvgIpc) is 2.65. The Hall–Kier alpha value is -1.17. The summed E-state index contributed by atoms with van der Waals surface area (Å²) in [6.07, 6.45) is 4.74. The summed E-state index contributed by atoms with van der Waals surface area (Å²) in [5.74, 6) is 0.725. The van der Waals surface area contributed by atoms with Crippen molar-refractivity contribution in [2.75, 3.05) is 5.32 Å². The standard InChI is InChI=1S/C11H19N3O2S/c1-8(2)5-4-6-9(3)13-11-12-7-10(17-11)14(15)16/h7-9H,4-6H2,1-3H3,(H,12,13). The first-order chi connectivity index (χ1) is 7.99. The average molecular weight is 257 g/mol. The first-order valence-electron chi connectivity index (χ1n) is 5.85. The number of aromatic nitrogens is 1. The van der Waals surface area contributed by atoms with Crippen LogP contribution in [-0.4, -0.2) is 15.9 Å². The number of rotatable bonds is 7. The van der Waals surface area contributed by atoms with Crippen molar-refractivity contribution in [2.24, 2.45) is 5.92 Å². The molecule has 1 N–H and O–H groups in total. The van der Waals surface area contributed by atoms with E-state index in [0.29, 0.717) is 11.2 Å². The zero-order valence-corrected chi connectivity index (χ0v) is 11.3. The van der Waals surface area contributed by atoms with Crippen LogP contribution in [0.3, 0.4) is 0 Å². The number of hydrogen-bond donors (Lipinski definition) is 1. The van der Waals surface area contributed by atoms with Crippen LogP contribution in [0.2, 0.25) is 0 Å².